The molecule has 0 spiro atoms. The van der Waals surface area contributed by atoms with Crippen molar-refractivity contribution in [2.24, 2.45) is 0 Å². The first-order chi connectivity index (χ1) is 9.48. The summed E-state index contributed by atoms with van der Waals surface area (Å²) in [5, 5.41) is 3.98. The van der Waals surface area contributed by atoms with Gasteiger partial charge in [0.25, 0.3) is 0 Å². The van der Waals surface area contributed by atoms with E-state index in [1.807, 2.05) is 0 Å². The van der Waals surface area contributed by atoms with Crippen molar-refractivity contribution in [3.05, 3.63) is 28.2 Å². The minimum atomic E-state index is -3.54. The van der Waals surface area contributed by atoms with E-state index in [-0.39, 0.29) is 29.4 Å². The van der Waals surface area contributed by atoms with Crippen LogP contribution in [-0.2, 0) is 10.0 Å². The number of nitrogens with one attached hydrogen (secondary N) is 1. The van der Waals surface area contributed by atoms with Gasteiger partial charge in [-0.1, -0.05) is 23.2 Å². The van der Waals surface area contributed by atoms with Crippen molar-refractivity contribution in [3.8, 4) is 0 Å². The highest BCUT2D eigenvalue weighted by atomic mass is 35.5. The Balaban J connectivity index is 0.00000161. The maximum Gasteiger partial charge on any atom is 0.243 e. The van der Waals surface area contributed by atoms with Gasteiger partial charge in [0.2, 0.25) is 10.0 Å². The van der Waals surface area contributed by atoms with Crippen LogP contribution in [0.5, 0.6) is 0 Å². The van der Waals surface area contributed by atoms with E-state index in [0.29, 0.717) is 16.6 Å². The molecule has 2 atom stereocenters. The molecule has 1 N–H and O–H groups in total. The summed E-state index contributed by atoms with van der Waals surface area (Å²) >= 11 is 11.9. The van der Waals surface area contributed by atoms with Crippen molar-refractivity contribution in [1.82, 2.24) is 9.62 Å². The van der Waals surface area contributed by atoms with Gasteiger partial charge in [-0.2, -0.15) is 4.31 Å². The van der Waals surface area contributed by atoms with E-state index in [9.17, 15) is 8.42 Å². The summed E-state index contributed by atoms with van der Waals surface area (Å²) in [4.78, 5) is 0.189. The van der Waals surface area contributed by atoms with Gasteiger partial charge in [0.1, 0.15) is 0 Å². The van der Waals surface area contributed by atoms with Gasteiger partial charge in [0.15, 0.2) is 0 Å². The first kappa shape index (κ1) is 17.3. The van der Waals surface area contributed by atoms with Crippen LogP contribution in [-0.4, -0.2) is 37.9 Å². The number of halogens is 3. The molecule has 1 aromatic rings. The monoisotopic (exact) mass is 370 g/mol. The van der Waals surface area contributed by atoms with E-state index >= 15 is 0 Å². The van der Waals surface area contributed by atoms with Crippen LogP contribution in [0.4, 0.5) is 0 Å². The molecule has 2 bridgehead atoms. The summed E-state index contributed by atoms with van der Waals surface area (Å²) in [7, 11) is -3.54. The molecule has 2 unspecified atom stereocenters. The lowest BCUT2D eigenvalue weighted by atomic mass is 10.1. The molecule has 2 aliphatic rings. The second-order valence-electron chi connectivity index (χ2n) is 5.32. The predicted molar refractivity (Wildman–Crippen MR) is 87.0 cm³/mol. The SMILES string of the molecule is Cl.O=S(=O)(c1cc(Cl)cc(Cl)c1)N1C2CCNCC1CC2. The second kappa shape index (κ2) is 6.60. The number of benzene rings is 1. The molecule has 4 nitrogen and oxygen atoms in total. The van der Waals surface area contributed by atoms with Crippen molar-refractivity contribution >= 4 is 45.6 Å². The van der Waals surface area contributed by atoms with Gasteiger partial charge in [0.05, 0.1) is 4.90 Å². The summed E-state index contributed by atoms with van der Waals surface area (Å²) in [5.41, 5.74) is 0. The molecule has 0 aromatic heterocycles. The normalized spacial score (nSPS) is 26.2. The second-order valence-corrected chi connectivity index (χ2v) is 8.03. The average Bonchev–Trinajstić information content (AvgIpc) is 2.62. The fraction of sp³-hybridized carbons (Fsp3) is 0.538. The maximum absolute atomic E-state index is 12.9. The van der Waals surface area contributed by atoms with Gasteiger partial charge in [-0.15, -0.1) is 12.4 Å². The Morgan fingerprint density at radius 3 is 2.33 bits per heavy atom. The Hall–Kier alpha value is -0.0400. The fourth-order valence-electron chi connectivity index (χ4n) is 3.13. The average molecular weight is 372 g/mol. The Morgan fingerprint density at radius 1 is 1.05 bits per heavy atom. The van der Waals surface area contributed by atoms with Crippen LogP contribution in [0.1, 0.15) is 19.3 Å². The van der Waals surface area contributed by atoms with E-state index in [2.05, 4.69) is 5.32 Å². The van der Waals surface area contributed by atoms with Crippen molar-refractivity contribution < 1.29 is 8.42 Å². The molecule has 21 heavy (non-hydrogen) atoms. The van der Waals surface area contributed by atoms with Gasteiger partial charge < -0.3 is 5.32 Å². The molecule has 2 saturated heterocycles. The number of fused-ring (bicyclic) bond motifs is 2. The van der Waals surface area contributed by atoms with E-state index in [0.717, 1.165) is 25.8 Å². The topological polar surface area (TPSA) is 49.4 Å². The molecule has 3 rings (SSSR count). The van der Waals surface area contributed by atoms with E-state index in [1.165, 1.54) is 12.1 Å². The Labute approximate surface area is 141 Å². The summed E-state index contributed by atoms with van der Waals surface area (Å²) in [6.07, 6.45) is 2.69. The zero-order valence-electron chi connectivity index (χ0n) is 11.3. The van der Waals surface area contributed by atoms with Gasteiger partial charge in [-0.3, -0.25) is 0 Å². The molecule has 2 aliphatic heterocycles. The number of rotatable bonds is 2. The van der Waals surface area contributed by atoms with Crippen LogP contribution in [0.2, 0.25) is 10.0 Å². The first-order valence-electron chi connectivity index (χ1n) is 6.69. The van der Waals surface area contributed by atoms with E-state index in [4.69, 9.17) is 23.2 Å². The molecule has 0 aliphatic carbocycles. The van der Waals surface area contributed by atoms with Crippen LogP contribution in [0.15, 0.2) is 23.1 Å². The van der Waals surface area contributed by atoms with Crippen LogP contribution in [0, 0.1) is 0 Å². The van der Waals surface area contributed by atoms with Crippen molar-refractivity contribution in [3.63, 3.8) is 0 Å². The minimum absolute atomic E-state index is 0. The maximum atomic E-state index is 12.9. The third-order valence-corrected chi connectivity index (χ3v) is 6.42. The lowest BCUT2D eigenvalue weighted by molar-refractivity contribution is 0.334. The lowest BCUT2D eigenvalue weighted by Crippen LogP contribution is -2.42. The van der Waals surface area contributed by atoms with Crippen LogP contribution in [0.25, 0.3) is 0 Å². The summed E-state index contributed by atoms with van der Waals surface area (Å²) in [5.74, 6) is 0. The number of hydrogen-bond acceptors (Lipinski definition) is 3. The highest BCUT2D eigenvalue weighted by molar-refractivity contribution is 7.89. The van der Waals surface area contributed by atoms with E-state index in [1.54, 1.807) is 10.4 Å². The predicted octanol–water partition coefficient (Wildman–Crippen LogP) is 2.93. The zero-order valence-corrected chi connectivity index (χ0v) is 14.4. The largest absolute Gasteiger partial charge is 0.315 e. The smallest absolute Gasteiger partial charge is 0.243 e. The number of sulfonamides is 1. The van der Waals surface area contributed by atoms with Gasteiger partial charge in [-0.25, -0.2) is 8.42 Å². The molecule has 0 radical (unpaired) electrons. The Bertz CT molecular complexity index is 590. The highest BCUT2D eigenvalue weighted by Crippen LogP contribution is 2.35. The highest BCUT2D eigenvalue weighted by Gasteiger charge is 2.43. The standard InChI is InChI=1S/C13H16Cl2N2O2S.ClH/c14-9-5-10(15)7-13(6-9)20(18,19)17-11-1-2-12(17)8-16-4-3-11;/h5-7,11-12,16H,1-4,8H2;1H. The summed E-state index contributed by atoms with van der Waals surface area (Å²) < 4.78 is 27.4. The molecule has 118 valence electrons. The van der Waals surface area contributed by atoms with Crippen LogP contribution >= 0.6 is 35.6 Å². The quantitative estimate of drug-likeness (QED) is 0.869. The molecule has 1 aromatic carbocycles. The molecule has 8 heteroatoms. The zero-order chi connectivity index (χ0) is 14.3. The minimum Gasteiger partial charge on any atom is -0.315 e. The van der Waals surface area contributed by atoms with Crippen LogP contribution in [0.3, 0.4) is 0 Å². The lowest BCUT2D eigenvalue weighted by Gasteiger charge is -2.27. The molecular weight excluding hydrogens is 355 g/mol. The molecule has 0 amide bonds. The number of hydrogen-bond donors (Lipinski definition) is 1. The molecule has 2 fully saturated rings. The third-order valence-electron chi connectivity index (χ3n) is 4.00. The molecule has 2 heterocycles. The Kier molecular flexibility index (Phi) is 5.45. The Morgan fingerprint density at radius 2 is 1.67 bits per heavy atom. The fourth-order valence-corrected chi connectivity index (χ4v) is 5.76. The van der Waals surface area contributed by atoms with E-state index < -0.39 is 10.0 Å². The van der Waals surface area contributed by atoms with Crippen molar-refractivity contribution in [2.45, 2.75) is 36.2 Å². The van der Waals surface area contributed by atoms with Crippen molar-refractivity contribution in [2.75, 3.05) is 13.1 Å². The third kappa shape index (κ3) is 3.33. The molecular formula is C13H17Cl3N2O2S. The van der Waals surface area contributed by atoms with Gasteiger partial charge in [-0.05, 0) is 44.0 Å². The van der Waals surface area contributed by atoms with Gasteiger partial charge >= 0.3 is 0 Å². The van der Waals surface area contributed by atoms with Crippen molar-refractivity contribution in [1.29, 1.82) is 0 Å². The summed E-state index contributed by atoms with van der Waals surface area (Å²) in [6.45, 7) is 1.58. The summed E-state index contributed by atoms with van der Waals surface area (Å²) in [6, 6.07) is 4.60. The van der Waals surface area contributed by atoms with Gasteiger partial charge in [0, 0.05) is 28.7 Å². The first-order valence-corrected chi connectivity index (χ1v) is 8.88. The molecule has 0 saturated carbocycles. The number of nitrogens with zero attached hydrogens (tertiary/aromatic N) is 1. The van der Waals surface area contributed by atoms with Crippen LogP contribution < -0.4 is 5.32 Å².